The van der Waals surface area contributed by atoms with Crippen LogP contribution in [-0.4, -0.2) is 65.7 Å². The average molecular weight is 381 g/mol. The Bertz CT molecular complexity index is 621. The van der Waals surface area contributed by atoms with Crippen molar-refractivity contribution < 1.29 is 14.6 Å². The zero-order chi connectivity index (χ0) is 18.6. The number of carbonyl (C=O) groups is 1. The molecule has 1 aromatic rings. The molecule has 5 nitrogen and oxygen atoms in total. The van der Waals surface area contributed by atoms with Gasteiger partial charge >= 0.3 is 0 Å². The van der Waals surface area contributed by atoms with E-state index in [0.717, 1.165) is 6.42 Å². The van der Waals surface area contributed by atoms with Gasteiger partial charge < -0.3 is 14.7 Å². The van der Waals surface area contributed by atoms with E-state index in [0.29, 0.717) is 42.9 Å². The van der Waals surface area contributed by atoms with E-state index in [1.807, 2.05) is 19.2 Å². The molecular weight excluding hydrogens is 352 g/mol. The van der Waals surface area contributed by atoms with Crippen LogP contribution in [0.4, 0.5) is 0 Å². The van der Waals surface area contributed by atoms with Gasteiger partial charge in [0.25, 0.3) is 0 Å². The summed E-state index contributed by atoms with van der Waals surface area (Å²) in [6, 6.07) is 7.67. The van der Waals surface area contributed by atoms with Gasteiger partial charge in [-0.3, -0.25) is 9.69 Å². The Morgan fingerprint density at radius 3 is 2.88 bits per heavy atom. The molecule has 1 aliphatic heterocycles. The molecule has 1 atom stereocenters. The lowest BCUT2D eigenvalue weighted by molar-refractivity contribution is -0.141. The topological polar surface area (TPSA) is 53.0 Å². The standard InChI is InChI=1S/C20H29ClN2O3/c1-22(17-7-2-3-8-17)13-19(24)23-11-5-10-20(25,14-23)15-26-18-9-4-6-16(21)12-18/h4,6,9,12,17,25H,2-3,5,7-8,10-11,13-15H2,1H3. The Balaban J connectivity index is 1.52. The van der Waals surface area contributed by atoms with Gasteiger partial charge in [-0.15, -0.1) is 0 Å². The molecule has 1 N–H and O–H groups in total. The van der Waals surface area contributed by atoms with Crippen molar-refractivity contribution in [3.8, 4) is 5.75 Å². The fourth-order valence-electron chi connectivity index (χ4n) is 4.00. The maximum absolute atomic E-state index is 12.7. The summed E-state index contributed by atoms with van der Waals surface area (Å²) in [4.78, 5) is 16.6. The molecule has 1 unspecified atom stereocenters. The smallest absolute Gasteiger partial charge is 0.236 e. The second kappa shape index (κ2) is 8.59. The van der Waals surface area contributed by atoms with Gasteiger partial charge in [-0.2, -0.15) is 0 Å². The molecule has 2 aliphatic rings. The van der Waals surface area contributed by atoms with Crippen molar-refractivity contribution in [2.24, 2.45) is 0 Å². The highest BCUT2D eigenvalue weighted by molar-refractivity contribution is 6.30. The summed E-state index contributed by atoms with van der Waals surface area (Å²) in [5.41, 5.74) is -1.01. The van der Waals surface area contributed by atoms with Gasteiger partial charge in [0.05, 0.1) is 13.1 Å². The second-order valence-corrected chi connectivity index (χ2v) is 8.18. The van der Waals surface area contributed by atoms with E-state index < -0.39 is 5.60 Å². The molecule has 0 bridgehead atoms. The van der Waals surface area contributed by atoms with Gasteiger partial charge in [0.2, 0.25) is 5.91 Å². The first-order valence-electron chi connectivity index (χ1n) is 9.54. The van der Waals surface area contributed by atoms with Gasteiger partial charge in [0, 0.05) is 17.6 Å². The van der Waals surface area contributed by atoms with Crippen LogP contribution >= 0.6 is 11.6 Å². The van der Waals surface area contributed by atoms with E-state index in [2.05, 4.69) is 4.90 Å². The zero-order valence-electron chi connectivity index (χ0n) is 15.5. The third-order valence-electron chi connectivity index (χ3n) is 5.54. The van der Waals surface area contributed by atoms with Crippen molar-refractivity contribution in [1.29, 1.82) is 0 Å². The molecule has 0 radical (unpaired) electrons. The fraction of sp³-hybridized carbons (Fsp3) is 0.650. The summed E-state index contributed by atoms with van der Waals surface area (Å²) in [6.07, 6.45) is 6.30. The average Bonchev–Trinajstić information content (AvgIpc) is 3.15. The van der Waals surface area contributed by atoms with Gasteiger partial charge in [-0.1, -0.05) is 30.5 Å². The first kappa shape index (κ1) is 19.5. The van der Waals surface area contributed by atoms with E-state index >= 15 is 0 Å². The molecule has 1 saturated carbocycles. The van der Waals surface area contributed by atoms with Crippen molar-refractivity contribution in [1.82, 2.24) is 9.80 Å². The van der Waals surface area contributed by atoms with Crippen molar-refractivity contribution in [2.75, 3.05) is 33.3 Å². The van der Waals surface area contributed by atoms with Gasteiger partial charge in [0.15, 0.2) is 0 Å². The van der Waals surface area contributed by atoms with Crippen molar-refractivity contribution >= 4 is 17.5 Å². The van der Waals surface area contributed by atoms with E-state index in [1.165, 1.54) is 25.7 Å². The monoisotopic (exact) mass is 380 g/mol. The predicted octanol–water partition coefficient (Wildman–Crippen LogP) is 2.95. The van der Waals surface area contributed by atoms with Crippen molar-refractivity contribution in [3.63, 3.8) is 0 Å². The summed E-state index contributed by atoms with van der Waals surface area (Å²) in [6.45, 7) is 1.62. The Morgan fingerprint density at radius 1 is 1.38 bits per heavy atom. The summed E-state index contributed by atoms with van der Waals surface area (Å²) >= 11 is 5.97. The number of amides is 1. The molecule has 1 saturated heterocycles. The number of hydrogen-bond donors (Lipinski definition) is 1. The largest absolute Gasteiger partial charge is 0.490 e. The maximum Gasteiger partial charge on any atom is 0.236 e. The number of carbonyl (C=O) groups excluding carboxylic acids is 1. The lowest BCUT2D eigenvalue weighted by Crippen LogP contribution is -2.55. The molecule has 1 aliphatic carbocycles. The zero-order valence-corrected chi connectivity index (χ0v) is 16.2. The van der Waals surface area contributed by atoms with Crippen LogP contribution in [0.3, 0.4) is 0 Å². The highest BCUT2D eigenvalue weighted by atomic mass is 35.5. The van der Waals surface area contributed by atoms with Gasteiger partial charge in [0.1, 0.15) is 18.0 Å². The summed E-state index contributed by atoms with van der Waals surface area (Å²) in [5, 5.41) is 11.5. The quantitative estimate of drug-likeness (QED) is 0.824. The normalized spacial score (nSPS) is 24.2. The third-order valence-corrected chi connectivity index (χ3v) is 5.78. The van der Waals surface area contributed by atoms with Gasteiger partial charge in [-0.05, 0) is 50.9 Å². The SMILES string of the molecule is CN(CC(=O)N1CCCC(O)(COc2cccc(Cl)c2)C1)C1CCCC1. The minimum atomic E-state index is -1.01. The van der Waals surface area contributed by atoms with Crippen molar-refractivity contribution in [2.45, 2.75) is 50.2 Å². The highest BCUT2D eigenvalue weighted by Crippen LogP contribution is 2.25. The molecule has 3 rings (SSSR count). The Hall–Kier alpha value is -1.30. The van der Waals surface area contributed by atoms with E-state index in [4.69, 9.17) is 16.3 Å². The van der Waals surface area contributed by atoms with Crippen LogP contribution in [0.5, 0.6) is 5.75 Å². The number of ether oxygens (including phenoxy) is 1. The molecule has 0 aromatic heterocycles. The summed E-state index contributed by atoms with van der Waals surface area (Å²) < 4.78 is 5.74. The lowest BCUT2D eigenvalue weighted by Gasteiger charge is -2.39. The molecule has 26 heavy (non-hydrogen) atoms. The highest BCUT2D eigenvalue weighted by Gasteiger charge is 2.36. The van der Waals surface area contributed by atoms with Crippen LogP contribution in [0.1, 0.15) is 38.5 Å². The number of nitrogens with zero attached hydrogens (tertiary/aromatic N) is 2. The first-order valence-corrected chi connectivity index (χ1v) is 9.92. The number of benzene rings is 1. The number of hydrogen-bond acceptors (Lipinski definition) is 4. The van der Waals surface area contributed by atoms with Crippen LogP contribution in [-0.2, 0) is 4.79 Å². The van der Waals surface area contributed by atoms with Crippen LogP contribution in [0.2, 0.25) is 5.02 Å². The molecule has 144 valence electrons. The molecular formula is C20H29ClN2O3. The number of likely N-dealkylation sites (N-methyl/N-ethyl adjacent to an activating group) is 1. The Morgan fingerprint density at radius 2 is 2.15 bits per heavy atom. The number of halogens is 1. The number of β-amino-alcohol motifs (C(OH)–C–C–N with tert-alkyl or cyclic N) is 1. The minimum absolute atomic E-state index is 0.0975. The van der Waals surface area contributed by atoms with Crippen LogP contribution in [0.15, 0.2) is 24.3 Å². The summed E-state index contributed by atoms with van der Waals surface area (Å²) in [7, 11) is 2.03. The summed E-state index contributed by atoms with van der Waals surface area (Å²) in [5.74, 6) is 0.732. The molecule has 6 heteroatoms. The Kier molecular flexibility index (Phi) is 6.43. The molecule has 1 amide bonds. The lowest BCUT2D eigenvalue weighted by atomic mass is 9.93. The maximum atomic E-state index is 12.7. The molecule has 1 aromatic carbocycles. The van der Waals surface area contributed by atoms with E-state index in [9.17, 15) is 9.90 Å². The molecule has 0 spiro atoms. The second-order valence-electron chi connectivity index (χ2n) is 7.74. The number of aliphatic hydroxyl groups is 1. The van der Waals surface area contributed by atoms with Crippen molar-refractivity contribution in [3.05, 3.63) is 29.3 Å². The fourth-order valence-corrected chi connectivity index (χ4v) is 4.19. The Labute approximate surface area is 160 Å². The van der Waals surface area contributed by atoms with Gasteiger partial charge in [-0.25, -0.2) is 0 Å². The molecule has 2 fully saturated rings. The van der Waals surface area contributed by atoms with Crippen LogP contribution in [0.25, 0.3) is 0 Å². The predicted molar refractivity (Wildman–Crippen MR) is 103 cm³/mol. The van der Waals surface area contributed by atoms with E-state index in [-0.39, 0.29) is 12.5 Å². The van der Waals surface area contributed by atoms with E-state index in [1.54, 1.807) is 17.0 Å². The number of likely N-dealkylation sites (tertiary alicyclic amines) is 1. The van der Waals surface area contributed by atoms with Crippen LogP contribution < -0.4 is 4.74 Å². The number of piperidine rings is 1. The molecule has 1 heterocycles. The number of rotatable bonds is 6. The minimum Gasteiger partial charge on any atom is -0.490 e. The van der Waals surface area contributed by atoms with Crippen LogP contribution in [0, 0.1) is 0 Å². The third kappa shape index (κ3) is 5.12. The first-order chi connectivity index (χ1) is 12.5.